The van der Waals surface area contributed by atoms with Crippen molar-refractivity contribution in [3.8, 4) is 0 Å². The minimum Gasteiger partial charge on any atom is -0.339 e. The van der Waals surface area contributed by atoms with E-state index in [-0.39, 0.29) is 23.3 Å². The van der Waals surface area contributed by atoms with E-state index in [9.17, 15) is 9.59 Å². The lowest BCUT2D eigenvalue weighted by atomic mass is 10.0. The molecule has 1 atom stereocenters. The molecule has 0 N–H and O–H groups in total. The maximum Gasteiger partial charge on any atom is 0.272 e. The van der Waals surface area contributed by atoms with Gasteiger partial charge in [-0.1, -0.05) is 42.1 Å². The summed E-state index contributed by atoms with van der Waals surface area (Å²) in [5, 5.41) is 1.46. The van der Waals surface area contributed by atoms with E-state index in [1.807, 2.05) is 47.4 Å². The third-order valence-corrected chi connectivity index (χ3v) is 8.00. The molecule has 1 aliphatic rings. The molecule has 1 fully saturated rings. The summed E-state index contributed by atoms with van der Waals surface area (Å²) in [4.78, 5) is 38.5. The topological polar surface area (TPSA) is 68.1 Å². The molecule has 0 radical (unpaired) electrons. The summed E-state index contributed by atoms with van der Waals surface area (Å²) < 4.78 is 2.31. The number of piperidine rings is 1. The average molecular weight is 465 g/mol. The van der Waals surface area contributed by atoms with Crippen LogP contribution in [0.25, 0.3) is 20.4 Å². The van der Waals surface area contributed by atoms with Crippen LogP contribution >= 0.6 is 23.1 Å². The van der Waals surface area contributed by atoms with E-state index < -0.39 is 0 Å². The van der Waals surface area contributed by atoms with Crippen molar-refractivity contribution in [3.63, 3.8) is 0 Å². The number of benzene rings is 1. The molecule has 0 saturated carbocycles. The summed E-state index contributed by atoms with van der Waals surface area (Å²) in [6.07, 6.45) is 5.01. The van der Waals surface area contributed by atoms with Crippen LogP contribution in [0.3, 0.4) is 0 Å². The maximum atomic E-state index is 13.5. The molecule has 1 amide bonds. The van der Waals surface area contributed by atoms with Crippen LogP contribution in [-0.2, 0) is 11.3 Å². The summed E-state index contributed by atoms with van der Waals surface area (Å²) in [7, 11) is 0. The normalized spacial score (nSPS) is 16.7. The minimum atomic E-state index is -0.0804. The molecule has 1 aromatic carbocycles. The second-order valence-electron chi connectivity index (χ2n) is 8.13. The van der Waals surface area contributed by atoms with Crippen LogP contribution in [0.5, 0.6) is 0 Å². The molecule has 0 unspecified atom stereocenters. The monoisotopic (exact) mass is 464 g/mol. The molecule has 6 nitrogen and oxygen atoms in total. The number of likely N-dealkylation sites (tertiary alicyclic amines) is 1. The van der Waals surface area contributed by atoms with Gasteiger partial charge in [-0.3, -0.25) is 14.2 Å². The maximum absolute atomic E-state index is 13.5. The highest BCUT2D eigenvalue weighted by Gasteiger charge is 2.24. The highest BCUT2D eigenvalue weighted by atomic mass is 32.2. The Kier molecular flexibility index (Phi) is 5.97. The summed E-state index contributed by atoms with van der Waals surface area (Å²) in [5.41, 5.74) is 1.62. The first-order valence-corrected chi connectivity index (χ1v) is 12.7. The van der Waals surface area contributed by atoms with Crippen molar-refractivity contribution >= 4 is 49.4 Å². The number of hydrogen-bond acceptors (Lipinski definition) is 6. The van der Waals surface area contributed by atoms with Crippen molar-refractivity contribution in [1.29, 1.82) is 0 Å². The van der Waals surface area contributed by atoms with Gasteiger partial charge in [0.1, 0.15) is 9.53 Å². The number of rotatable bonds is 5. The predicted octanol–water partition coefficient (Wildman–Crippen LogP) is 4.55. The number of carbonyl (C=O) groups is 1. The van der Waals surface area contributed by atoms with E-state index in [0.29, 0.717) is 21.9 Å². The minimum absolute atomic E-state index is 0.0804. The van der Waals surface area contributed by atoms with Gasteiger partial charge in [-0.15, -0.1) is 11.3 Å². The van der Waals surface area contributed by atoms with Gasteiger partial charge in [-0.25, -0.2) is 9.97 Å². The second kappa shape index (κ2) is 9.03. The van der Waals surface area contributed by atoms with Gasteiger partial charge in [0, 0.05) is 24.2 Å². The van der Waals surface area contributed by atoms with Gasteiger partial charge < -0.3 is 4.90 Å². The van der Waals surface area contributed by atoms with E-state index >= 15 is 0 Å². The Labute approximate surface area is 194 Å². The highest BCUT2D eigenvalue weighted by molar-refractivity contribution is 7.99. The fraction of sp³-hybridized carbons (Fsp3) is 0.333. The molecule has 164 valence electrons. The van der Waals surface area contributed by atoms with Gasteiger partial charge in [-0.05, 0) is 43.9 Å². The molecular weight excluding hydrogens is 440 g/mol. The number of amides is 1. The van der Waals surface area contributed by atoms with Crippen LogP contribution in [0.15, 0.2) is 58.6 Å². The summed E-state index contributed by atoms with van der Waals surface area (Å²) in [6.45, 7) is 3.34. The van der Waals surface area contributed by atoms with Crippen molar-refractivity contribution in [3.05, 3.63) is 64.6 Å². The van der Waals surface area contributed by atoms with E-state index in [0.717, 1.165) is 35.2 Å². The lowest BCUT2D eigenvalue weighted by molar-refractivity contribution is -0.131. The molecule has 1 saturated heterocycles. The summed E-state index contributed by atoms with van der Waals surface area (Å²) >= 11 is 2.73. The van der Waals surface area contributed by atoms with E-state index in [1.165, 1.54) is 29.5 Å². The van der Waals surface area contributed by atoms with Gasteiger partial charge >= 0.3 is 0 Å². The first-order valence-electron chi connectivity index (χ1n) is 10.9. The third-order valence-electron chi connectivity index (χ3n) is 5.95. The molecule has 32 heavy (non-hydrogen) atoms. The molecule has 4 heterocycles. The number of carbonyl (C=O) groups excluding carboxylic acids is 1. The van der Waals surface area contributed by atoms with Gasteiger partial charge in [0.2, 0.25) is 5.91 Å². The number of aromatic nitrogens is 3. The van der Waals surface area contributed by atoms with Crippen molar-refractivity contribution in [2.45, 2.75) is 43.9 Å². The molecule has 8 heteroatoms. The van der Waals surface area contributed by atoms with Gasteiger partial charge in [-0.2, -0.15) is 0 Å². The Hall–Kier alpha value is -2.71. The number of hydrogen-bond donors (Lipinski definition) is 0. The fourth-order valence-electron chi connectivity index (χ4n) is 4.23. The van der Waals surface area contributed by atoms with Gasteiger partial charge in [0.05, 0.1) is 17.8 Å². The predicted molar refractivity (Wildman–Crippen MR) is 130 cm³/mol. The summed E-state index contributed by atoms with van der Waals surface area (Å²) in [6, 6.07) is 14.0. The van der Waals surface area contributed by atoms with Crippen molar-refractivity contribution in [2.75, 3.05) is 12.3 Å². The van der Waals surface area contributed by atoms with Crippen molar-refractivity contribution in [1.82, 2.24) is 19.4 Å². The van der Waals surface area contributed by atoms with Crippen LogP contribution in [0, 0.1) is 0 Å². The van der Waals surface area contributed by atoms with Gasteiger partial charge in [0.15, 0.2) is 5.16 Å². The molecule has 4 aromatic rings. The molecule has 3 aromatic heterocycles. The van der Waals surface area contributed by atoms with E-state index in [4.69, 9.17) is 4.98 Å². The fourth-order valence-corrected chi connectivity index (χ4v) is 6.14. The van der Waals surface area contributed by atoms with Crippen molar-refractivity contribution in [2.24, 2.45) is 0 Å². The molecule has 5 rings (SSSR count). The van der Waals surface area contributed by atoms with Crippen molar-refractivity contribution < 1.29 is 4.79 Å². The number of thiophene rings is 1. The number of nitrogens with zero attached hydrogens (tertiary/aromatic N) is 4. The molecule has 0 bridgehead atoms. The number of pyridine rings is 1. The first kappa shape index (κ1) is 21.2. The van der Waals surface area contributed by atoms with Crippen LogP contribution < -0.4 is 5.56 Å². The third kappa shape index (κ3) is 4.04. The zero-order chi connectivity index (χ0) is 22.1. The quantitative estimate of drug-likeness (QED) is 0.320. The largest absolute Gasteiger partial charge is 0.339 e. The SMILES string of the molecule is C[C@H]1CCCCN1C(=O)CSc1nc2c(sc3ncccc32)c(=O)n1Cc1ccccc1. The second-order valence-corrected chi connectivity index (χ2v) is 10.1. The van der Waals surface area contributed by atoms with Crippen LogP contribution in [-0.4, -0.2) is 43.7 Å². The van der Waals surface area contributed by atoms with Crippen LogP contribution in [0.4, 0.5) is 0 Å². The van der Waals surface area contributed by atoms with Crippen LogP contribution in [0.2, 0.25) is 0 Å². The summed E-state index contributed by atoms with van der Waals surface area (Å²) in [5.74, 6) is 0.386. The average Bonchev–Trinajstić information content (AvgIpc) is 3.19. The standard InChI is InChI=1S/C24H24N4O2S2/c1-16-8-5-6-13-27(16)19(29)15-31-24-26-20-18-11-7-12-25-22(18)32-21(20)23(30)28(24)14-17-9-3-2-4-10-17/h2-4,7,9-12,16H,5-6,8,13-15H2,1H3/t16-/m0/s1. The highest BCUT2D eigenvalue weighted by Crippen LogP contribution is 2.31. The zero-order valence-electron chi connectivity index (χ0n) is 17.9. The lowest BCUT2D eigenvalue weighted by Crippen LogP contribution is -2.43. The van der Waals surface area contributed by atoms with Gasteiger partial charge in [0.25, 0.3) is 5.56 Å². The Morgan fingerprint density at radius 3 is 2.84 bits per heavy atom. The van der Waals surface area contributed by atoms with E-state index in [2.05, 4.69) is 11.9 Å². The first-order chi connectivity index (χ1) is 15.6. The Morgan fingerprint density at radius 2 is 2.03 bits per heavy atom. The molecular formula is C24H24N4O2S2. The molecule has 0 aliphatic carbocycles. The Balaban J connectivity index is 1.54. The number of thioether (sulfide) groups is 1. The molecule has 1 aliphatic heterocycles. The Bertz CT molecular complexity index is 1330. The smallest absolute Gasteiger partial charge is 0.272 e. The van der Waals surface area contributed by atoms with E-state index in [1.54, 1.807) is 10.8 Å². The molecule has 0 spiro atoms. The number of fused-ring (bicyclic) bond motifs is 3. The van der Waals surface area contributed by atoms with Crippen LogP contribution in [0.1, 0.15) is 31.7 Å². The lowest BCUT2D eigenvalue weighted by Gasteiger charge is -2.33. The zero-order valence-corrected chi connectivity index (χ0v) is 19.5. The Morgan fingerprint density at radius 1 is 1.19 bits per heavy atom.